The van der Waals surface area contributed by atoms with Crippen molar-refractivity contribution in [1.29, 1.82) is 0 Å². The average Bonchev–Trinajstić information content (AvgIpc) is 2.04. The first-order chi connectivity index (χ1) is 6.00. The molecule has 1 rings (SSSR count). The molecule has 2 N–H and O–H groups in total. The largest absolute Gasteiger partial charge is 0.403 e. The zero-order valence-electron chi connectivity index (χ0n) is 6.88. The van der Waals surface area contributed by atoms with Gasteiger partial charge in [-0.1, -0.05) is 30.3 Å². The Morgan fingerprint density at radius 3 is 2.15 bits per heavy atom. The monoisotopic (exact) mass is 189 g/mol. The van der Waals surface area contributed by atoms with Crippen LogP contribution in [0.4, 0.5) is 13.2 Å². The van der Waals surface area contributed by atoms with E-state index in [4.69, 9.17) is 5.73 Å². The van der Waals surface area contributed by atoms with Gasteiger partial charge in [0.05, 0.1) is 0 Å². The topological polar surface area (TPSA) is 26.0 Å². The van der Waals surface area contributed by atoms with E-state index in [2.05, 4.69) is 0 Å². The third-order valence-corrected chi connectivity index (χ3v) is 1.72. The van der Waals surface area contributed by atoms with E-state index >= 15 is 0 Å². The van der Waals surface area contributed by atoms with Gasteiger partial charge in [0.25, 0.3) is 0 Å². The average molecular weight is 189 g/mol. The molecule has 1 aromatic rings. The summed E-state index contributed by atoms with van der Waals surface area (Å²) in [6, 6.07) is 6.63. The van der Waals surface area contributed by atoms with E-state index in [-0.39, 0.29) is 6.42 Å². The Labute approximate surface area is 74.4 Å². The van der Waals surface area contributed by atoms with Crippen molar-refractivity contribution < 1.29 is 13.2 Å². The maximum Gasteiger partial charge on any atom is 0.403 e. The molecular formula is C9H10F3N. The van der Waals surface area contributed by atoms with E-state index < -0.39 is 12.2 Å². The molecule has 0 saturated carbocycles. The molecule has 0 aromatic heterocycles. The third-order valence-electron chi connectivity index (χ3n) is 1.72. The van der Waals surface area contributed by atoms with Gasteiger partial charge in [0.1, 0.15) is 6.04 Å². The summed E-state index contributed by atoms with van der Waals surface area (Å²) >= 11 is 0. The smallest absolute Gasteiger partial charge is 0.320 e. The summed E-state index contributed by atoms with van der Waals surface area (Å²) < 4.78 is 36.0. The van der Waals surface area contributed by atoms with Crippen molar-refractivity contribution in [1.82, 2.24) is 0 Å². The van der Waals surface area contributed by atoms with Crippen LogP contribution in [-0.2, 0) is 6.42 Å². The fourth-order valence-corrected chi connectivity index (χ4v) is 0.984. The van der Waals surface area contributed by atoms with Gasteiger partial charge in [0.2, 0.25) is 0 Å². The van der Waals surface area contributed by atoms with Crippen molar-refractivity contribution in [2.24, 2.45) is 5.73 Å². The van der Waals surface area contributed by atoms with Crippen molar-refractivity contribution >= 4 is 0 Å². The van der Waals surface area contributed by atoms with Crippen molar-refractivity contribution in [2.75, 3.05) is 0 Å². The second-order valence-corrected chi connectivity index (χ2v) is 2.84. The van der Waals surface area contributed by atoms with Gasteiger partial charge >= 0.3 is 6.18 Å². The van der Waals surface area contributed by atoms with E-state index in [0.717, 1.165) is 0 Å². The number of hydrogen-bond donors (Lipinski definition) is 1. The minimum Gasteiger partial charge on any atom is -0.320 e. The minimum absolute atomic E-state index is 0.162. The molecule has 0 spiro atoms. The Morgan fingerprint density at radius 2 is 1.69 bits per heavy atom. The highest BCUT2D eigenvalue weighted by Gasteiger charge is 2.36. The quantitative estimate of drug-likeness (QED) is 0.757. The predicted molar refractivity (Wildman–Crippen MR) is 44.2 cm³/mol. The van der Waals surface area contributed by atoms with Crippen LogP contribution < -0.4 is 5.73 Å². The number of alkyl halides is 3. The lowest BCUT2D eigenvalue weighted by Gasteiger charge is -2.14. The van der Waals surface area contributed by atoms with E-state index in [1.165, 1.54) is 0 Å². The molecule has 0 aliphatic heterocycles. The standard InChI is InChI=1S/C9H10F3N/c10-9(11,12)8(13)6-7-4-2-1-3-5-7/h1-5,8H,6,13H2/t8-/m0/s1. The van der Waals surface area contributed by atoms with Gasteiger partial charge < -0.3 is 5.73 Å². The molecule has 0 aliphatic rings. The van der Waals surface area contributed by atoms with E-state index in [0.29, 0.717) is 5.56 Å². The highest BCUT2D eigenvalue weighted by atomic mass is 19.4. The zero-order valence-corrected chi connectivity index (χ0v) is 6.88. The molecule has 13 heavy (non-hydrogen) atoms. The SMILES string of the molecule is N[C@@H](Cc1ccccc1)C(F)(F)F. The number of benzene rings is 1. The Bertz CT molecular complexity index is 255. The highest BCUT2D eigenvalue weighted by Crippen LogP contribution is 2.21. The van der Waals surface area contributed by atoms with Crippen molar-refractivity contribution in [3.63, 3.8) is 0 Å². The van der Waals surface area contributed by atoms with Crippen molar-refractivity contribution in [3.05, 3.63) is 35.9 Å². The van der Waals surface area contributed by atoms with Crippen molar-refractivity contribution in [3.8, 4) is 0 Å². The Kier molecular flexibility index (Phi) is 2.93. The summed E-state index contributed by atoms with van der Waals surface area (Å²) in [5.74, 6) is 0. The van der Waals surface area contributed by atoms with Crippen LogP contribution in [0, 0.1) is 0 Å². The summed E-state index contributed by atoms with van der Waals surface area (Å²) in [6.45, 7) is 0. The van der Waals surface area contributed by atoms with E-state index in [1.54, 1.807) is 30.3 Å². The lowest BCUT2D eigenvalue weighted by molar-refractivity contribution is -0.147. The minimum atomic E-state index is -4.31. The lowest BCUT2D eigenvalue weighted by atomic mass is 10.1. The molecule has 0 aliphatic carbocycles. The van der Waals surface area contributed by atoms with E-state index in [1.807, 2.05) is 0 Å². The van der Waals surface area contributed by atoms with Gasteiger partial charge in [-0.05, 0) is 12.0 Å². The molecular weight excluding hydrogens is 179 g/mol. The summed E-state index contributed by atoms with van der Waals surface area (Å²) in [6.07, 6.45) is -4.47. The molecule has 4 heteroatoms. The predicted octanol–water partition coefficient (Wildman–Crippen LogP) is 2.12. The molecule has 1 atom stereocenters. The van der Waals surface area contributed by atoms with Gasteiger partial charge in [0.15, 0.2) is 0 Å². The molecule has 1 aromatic carbocycles. The highest BCUT2D eigenvalue weighted by molar-refractivity contribution is 5.16. The molecule has 0 radical (unpaired) electrons. The van der Waals surface area contributed by atoms with Crippen LogP contribution in [0.25, 0.3) is 0 Å². The molecule has 1 nitrogen and oxygen atoms in total. The van der Waals surface area contributed by atoms with E-state index in [9.17, 15) is 13.2 Å². The molecule has 0 heterocycles. The first-order valence-corrected chi connectivity index (χ1v) is 3.86. The van der Waals surface area contributed by atoms with Gasteiger partial charge in [-0.3, -0.25) is 0 Å². The molecule has 0 bridgehead atoms. The van der Waals surface area contributed by atoms with Crippen LogP contribution in [-0.4, -0.2) is 12.2 Å². The van der Waals surface area contributed by atoms with Gasteiger partial charge in [0, 0.05) is 0 Å². The Morgan fingerprint density at radius 1 is 1.15 bits per heavy atom. The number of halogens is 3. The number of hydrogen-bond acceptors (Lipinski definition) is 1. The van der Waals surface area contributed by atoms with Crippen LogP contribution in [0.15, 0.2) is 30.3 Å². The second-order valence-electron chi connectivity index (χ2n) is 2.84. The van der Waals surface area contributed by atoms with Crippen LogP contribution in [0.5, 0.6) is 0 Å². The molecule has 0 unspecified atom stereocenters. The fraction of sp³-hybridized carbons (Fsp3) is 0.333. The van der Waals surface area contributed by atoms with Crippen molar-refractivity contribution in [2.45, 2.75) is 18.6 Å². The molecule has 0 amide bonds. The normalized spacial score (nSPS) is 14.2. The van der Waals surface area contributed by atoms with Gasteiger partial charge in [-0.25, -0.2) is 0 Å². The molecule has 72 valence electrons. The molecule has 0 saturated heterocycles. The Balaban J connectivity index is 2.61. The Hall–Kier alpha value is -1.03. The van der Waals surface area contributed by atoms with Gasteiger partial charge in [-0.15, -0.1) is 0 Å². The van der Waals surface area contributed by atoms with Crippen LogP contribution in [0.1, 0.15) is 5.56 Å². The fourth-order valence-electron chi connectivity index (χ4n) is 0.984. The number of rotatable bonds is 2. The summed E-state index contributed by atoms with van der Waals surface area (Å²) in [5.41, 5.74) is 5.56. The summed E-state index contributed by atoms with van der Waals surface area (Å²) in [7, 11) is 0. The first kappa shape index (κ1) is 10.1. The van der Waals surface area contributed by atoms with Crippen LogP contribution in [0.2, 0.25) is 0 Å². The lowest BCUT2D eigenvalue weighted by Crippen LogP contribution is -2.39. The molecule has 0 fully saturated rings. The first-order valence-electron chi connectivity index (χ1n) is 3.86. The maximum atomic E-state index is 12.0. The third kappa shape index (κ3) is 3.06. The van der Waals surface area contributed by atoms with Crippen LogP contribution >= 0.6 is 0 Å². The maximum absolute atomic E-state index is 12.0. The summed E-state index contributed by atoms with van der Waals surface area (Å²) in [5, 5.41) is 0. The zero-order chi connectivity index (χ0) is 9.90. The van der Waals surface area contributed by atoms with Crippen LogP contribution in [0.3, 0.4) is 0 Å². The van der Waals surface area contributed by atoms with Gasteiger partial charge in [-0.2, -0.15) is 13.2 Å². The second kappa shape index (κ2) is 3.79. The number of nitrogens with two attached hydrogens (primary N) is 1. The summed E-state index contributed by atoms with van der Waals surface area (Å²) in [4.78, 5) is 0.